The normalized spacial score (nSPS) is 12.3. The highest BCUT2D eigenvalue weighted by atomic mass is 79.9. The van der Waals surface area contributed by atoms with Crippen LogP contribution in [0.1, 0.15) is 11.3 Å². The maximum atomic E-state index is 5.58. The molecular formula is C10H4Br2Cl3N5. The van der Waals surface area contributed by atoms with Gasteiger partial charge in [0.15, 0.2) is 0 Å². The van der Waals surface area contributed by atoms with Crippen LogP contribution in [0.25, 0.3) is 0 Å². The van der Waals surface area contributed by atoms with Crippen LogP contribution in [0.2, 0.25) is 15.7 Å². The molecule has 3 heterocycles. The summed E-state index contributed by atoms with van der Waals surface area (Å²) in [5.74, 6) is 0. The van der Waals surface area contributed by atoms with E-state index < -0.39 is 0 Å². The Bertz CT molecular complexity index is 680. The van der Waals surface area contributed by atoms with E-state index in [0.717, 1.165) is 15.9 Å². The van der Waals surface area contributed by atoms with Gasteiger partial charge >= 0.3 is 0 Å². The molecule has 0 amide bonds. The van der Waals surface area contributed by atoms with Gasteiger partial charge in [-0.3, -0.25) is 4.99 Å². The van der Waals surface area contributed by atoms with Crippen LogP contribution in [0.5, 0.6) is 0 Å². The number of rotatable bonds is 0. The molecule has 0 N–H and O–H groups in total. The number of aromatic nitrogens is 4. The van der Waals surface area contributed by atoms with Gasteiger partial charge in [-0.25, -0.2) is 19.9 Å². The fraction of sp³-hybridized carbons (Fsp3) is 0.100. The lowest BCUT2D eigenvalue weighted by Gasteiger charge is -1.95. The summed E-state index contributed by atoms with van der Waals surface area (Å²) in [5, 5.41) is 0.763. The van der Waals surface area contributed by atoms with Crippen LogP contribution in [-0.4, -0.2) is 24.6 Å². The maximum Gasteiger partial charge on any atom is 0.223 e. The number of hydrogen-bond donors (Lipinski definition) is 0. The third-order valence-corrected chi connectivity index (χ3v) is 4.24. The molecule has 3 rings (SSSR count). The molecule has 1 aliphatic heterocycles. The molecule has 0 spiro atoms. The summed E-state index contributed by atoms with van der Waals surface area (Å²) in [6.07, 6.45) is 3.17. The first-order chi connectivity index (χ1) is 9.47. The van der Waals surface area contributed by atoms with Gasteiger partial charge < -0.3 is 0 Å². The second-order valence-corrected chi connectivity index (χ2v) is 6.02. The van der Waals surface area contributed by atoms with Gasteiger partial charge in [0.2, 0.25) is 10.6 Å². The number of halogens is 5. The molecule has 0 aromatic carbocycles. The van der Waals surface area contributed by atoms with Crippen LogP contribution < -0.4 is 0 Å². The number of fused-ring (bicyclic) bond motifs is 1. The summed E-state index contributed by atoms with van der Waals surface area (Å²) < 4.78 is 1.46. The monoisotopic (exact) mass is 457 g/mol. The Kier molecular flexibility index (Phi) is 5.68. The Hall–Kier alpha value is -0.340. The highest BCUT2D eigenvalue weighted by Gasteiger charge is 2.15. The minimum atomic E-state index is 0.156. The van der Waals surface area contributed by atoms with E-state index in [9.17, 15) is 0 Å². The van der Waals surface area contributed by atoms with E-state index in [4.69, 9.17) is 34.8 Å². The quantitative estimate of drug-likeness (QED) is 0.434. The van der Waals surface area contributed by atoms with Gasteiger partial charge in [-0.1, -0.05) is 11.6 Å². The topological polar surface area (TPSA) is 63.9 Å². The van der Waals surface area contributed by atoms with Crippen molar-refractivity contribution in [1.29, 1.82) is 0 Å². The molecule has 2 aromatic heterocycles. The molecule has 0 aliphatic carbocycles. The molecule has 0 fully saturated rings. The maximum absolute atomic E-state index is 5.58. The van der Waals surface area contributed by atoms with Crippen LogP contribution in [0, 0.1) is 0 Å². The summed E-state index contributed by atoms with van der Waals surface area (Å²) in [5.41, 5.74) is 1.83. The average Bonchev–Trinajstić information content (AvgIpc) is 2.76. The van der Waals surface area contributed by atoms with Gasteiger partial charge in [0, 0.05) is 18.0 Å². The summed E-state index contributed by atoms with van der Waals surface area (Å²) in [6, 6.07) is 0. The van der Waals surface area contributed by atoms with Crippen LogP contribution in [0.15, 0.2) is 21.9 Å². The second-order valence-electron chi connectivity index (χ2n) is 3.38. The van der Waals surface area contributed by atoms with Crippen molar-refractivity contribution in [3.8, 4) is 0 Å². The average molecular weight is 460 g/mol. The third-order valence-electron chi connectivity index (χ3n) is 2.10. The molecule has 0 atom stereocenters. The van der Waals surface area contributed by atoms with Crippen molar-refractivity contribution in [2.24, 2.45) is 4.99 Å². The van der Waals surface area contributed by atoms with E-state index in [1.165, 1.54) is 6.20 Å². The zero-order valence-corrected chi connectivity index (χ0v) is 14.9. The molecule has 5 nitrogen and oxygen atoms in total. The van der Waals surface area contributed by atoms with E-state index in [2.05, 4.69) is 56.8 Å². The molecular weight excluding hydrogens is 456 g/mol. The zero-order chi connectivity index (χ0) is 14.7. The minimum absolute atomic E-state index is 0.156. The molecule has 0 saturated carbocycles. The highest BCUT2D eigenvalue weighted by Crippen LogP contribution is 2.20. The first-order valence-corrected chi connectivity index (χ1v) is 7.74. The van der Waals surface area contributed by atoms with E-state index in [1.807, 2.05) is 0 Å². The predicted octanol–water partition coefficient (Wildman–Crippen LogP) is 4.33. The smallest absolute Gasteiger partial charge is 0.223 e. The van der Waals surface area contributed by atoms with Crippen LogP contribution in [0.3, 0.4) is 0 Å². The van der Waals surface area contributed by atoms with Gasteiger partial charge in [-0.15, -0.1) is 0 Å². The van der Waals surface area contributed by atoms with Gasteiger partial charge in [-0.05, 0) is 55.1 Å². The standard InChI is InChI=1S/C6H3BrClN3.C4HBrCl2N2/c7-5-3-1-10-6(8)11-4(3)2-9-5;5-2-1-8-4(7)9-3(2)6/h1H,2H2;1H. The van der Waals surface area contributed by atoms with E-state index in [1.54, 1.807) is 6.20 Å². The van der Waals surface area contributed by atoms with Gasteiger partial charge in [0.1, 0.15) is 9.77 Å². The largest absolute Gasteiger partial charge is 0.271 e. The minimum Gasteiger partial charge on any atom is -0.271 e. The second kappa shape index (κ2) is 7.09. The molecule has 0 saturated heterocycles. The number of hydrogen-bond acceptors (Lipinski definition) is 5. The molecule has 0 bridgehead atoms. The molecule has 0 radical (unpaired) electrons. The molecule has 2 aromatic rings. The van der Waals surface area contributed by atoms with E-state index in [-0.39, 0.29) is 10.6 Å². The van der Waals surface area contributed by atoms with Gasteiger partial charge in [-0.2, -0.15) is 0 Å². The van der Waals surface area contributed by atoms with Crippen molar-refractivity contribution in [2.45, 2.75) is 6.54 Å². The van der Waals surface area contributed by atoms with E-state index >= 15 is 0 Å². The SMILES string of the molecule is Clc1ncc(Br)c(Cl)n1.Clc1ncc2c(n1)CN=C2Br. The lowest BCUT2D eigenvalue weighted by molar-refractivity contribution is 0.994. The number of aliphatic imine (C=N–C) groups is 1. The van der Waals surface area contributed by atoms with Crippen molar-refractivity contribution in [1.82, 2.24) is 19.9 Å². The summed E-state index contributed by atoms with van der Waals surface area (Å²) in [4.78, 5) is 19.3. The Balaban J connectivity index is 0.000000151. The lowest BCUT2D eigenvalue weighted by Crippen LogP contribution is -1.94. The van der Waals surface area contributed by atoms with Gasteiger partial charge in [0.05, 0.1) is 16.7 Å². The Morgan fingerprint density at radius 2 is 1.60 bits per heavy atom. The summed E-state index contributed by atoms with van der Waals surface area (Å²) >= 11 is 22.9. The fourth-order valence-corrected chi connectivity index (χ4v) is 2.35. The summed E-state index contributed by atoms with van der Waals surface area (Å²) in [6.45, 7) is 0.595. The van der Waals surface area contributed by atoms with Crippen molar-refractivity contribution in [3.63, 3.8) is 0 Å². The Morgan fingerprint density at radius 1 is 0.950 bits per heavy atom. The Morgan fingerprint density at radius 3 is 2.25 bits per heavy atom. The predicted molar refractivity (Wildman–Crippen MR) is 86.0 cm³/mol. The van der Waals surface area contributed by atoms with E-state index in [0.29, 0.717) is 16.2 Å². The Labute approximate surface area is 146 Å². The van der Waals surface area contributed by atoms with Crippen molar-refractivity contribution in [2.75, 3.05) is 0 Å². The first kappa shape index (κ1) is 16.0. The van der Waals surface area contributed by atoms with Crippen molar-refractivity contribution >= 4 is 71.3 Å². The third kappa shape index (κ3) is 4.08. The van der Waals surface area contributed by atoms with Crippen LogP contribution in [0.4, 0.5) is 0 Å². The van der Waals surface area contributed by atoms with Crippen LogP contribution in [-0.2, 0) is 6.54 Å². The first-order valence-electron chi connectivity index (χ1n) is 5.02. The zero-order valence-electron chi connectivity index (χ0n) is 9.49. The molecule has 10 heteroatoms. The highest BCUT2D eigenvalue weighted by molar-refractivity contribution is 9.18. The van der Waals surface area contributed by atoms with Crippen molar-refractivity contribution < 1.29 is 0 Å². The molecule has 104 valence electrons. The van der Waals surface area contributed by atoms with Crippen LogP contribution >= 0.6 is 66.7 Å². The molecule has 0 unspecified atom stereocenters. The number of nitrogens with zero attached hydrogens (tertiary/aromatic N) is 5. The lowest BCUT2D eigenvalue weighted by atomic mass is 10.3. The fourth-order valence-electron chi connectivity index (χ4n) is 1.24. The van der Waals surface area contributed by atoms with Crippen molar-refractivity contribution in [3.05, 3.63) is 43.8 Å². The summed E-state index contributed by atoms with van der Waals surface area (Å²) in [7, 11) is 0. The van der Waals surface area contributed by atoms with Gasteiger partial charge in [0.25, 0.3) is 0 Å². The molecule has 20 heavy (non-hydrogen) atoms. The molecule has 1 aliphatic rings.